The molecule has 4 heteroatoms. The van der Waals surface area contributed by atoms with Gasteiger partial charge in [0.05, 0.1) is 12.2 Å². The highest BCUT2D eigenvalue weighted by atomic mass is 16.3. The molecule has 6 rings (SSSR count). The average molecular weight is 445 g/mol. The Hall–Kier alpha value is -4.15. The topological polar surface area (TPSA) is 45.5 Å². The van der Waals surface area contributed by atoms with E-state index in [0.29, 0.717) is 24.2 Å². The van der Waals surface area contributed by atoms with Crippen LogP contribution in [0.5, 0.6) is 0 Å². The minimum Gasteiger partial charge on any atom is -0.372 e. The number of aliphatic hydroxyl groups is 1. The molecule has 1 aliphatic heterocycles. The number of fused-ring (bicyclic) bond motifs is 2. The Bertz CT molecular complexity index is 1490. The average Bonchev–Trinajstić information content (AvgIpc) is 3.35. The monoisotopic (exact) mass is 444 g/mol. The first-order valence-corrected chi connectivity index (χ1v) is 11.5. The third kappa shape index (κ3) is 3.15. The van der Waals surface area contributed by atoms with Crippen LogP contribution >= 0.6 is 0 Å². The van der Waals surface area contributed by atoms with Crippen molar-refractivity contribution in [2.45, 2.75) is 18.7 Å². The summed E-state index contributed by atoms with van der Waals surface area (Å²) in [5.41, 5.74) is 3.39. The molecule has 1 unspecified atom stereocenters. The fraction of sp³-hybridized carbons (Fsp3) is 0.100. The number of rotatable bonds is 5. The first-order chi connectivity index (χ1) is 16.7. The Kier molecular flexibility index (Phi) is 4.82. The fourth-order valence-electron chi connectivity index (χ4n) is 5.06. The molecule has 0 radical (unpaired) electrons. The molecule has 0 saturated carbocycles. The van der Waals surface area contributed by atoms with Crippen LogP contribution in [0.4, 0.5) is 5.69 Å². The van der Waals surface area contributed by atoms with Crippen LogP contribution in [0.25, 0.3) is 10.9 Å². The van der Waals surface area contributed by atoms with Crippen LogP contribution in [0.1, 0.15) is 22.3 Å². The smallest absolute Gasteiger partial charge is 0.268 e. The first kappa shape index (κ1) is 20.5. The fourth-order valence-corrected chi connectivity index (χ4v) is 5.06. The van der Waals surface area contributed by atoms with Gasteiger partial charge in [-0.25, -0.2) is 0 Å². The van der Waals surface area contributed by atoms with E-state index in [1.165, 1.54) is 0 Å². The van der Waals surface area contributed by atoms with Gasteiger partial charge in [0, 0.05) is 34.8 Å². The minimum absolute atomic E-state index is 0.319. The van der Waals surface area contributed by atoms with E-state index in [9.17, 15) is 9.90 Å². The number of amides is 1. The normalized spacial score (nSPS) is 17.3. The summed E-state index contributed by atoms with van der Waals surface area (Å²) in [5, 5.41) is 13.1. The van der Waals surface area contributed by atoms with E-state index in [1.807, 2.05) is 103 Å². The second-order valence-electron chi connectivity index (χ2n) is 8.78. The third-order valence-electron chi connectivity index (χ3n) is 6.70. The van der Waals surface area contributed by atoms with E-state index in [4.69, 9.17) is 0 Å². The van der Waals surface area contributed by atoms with E-state index in [-0.39, 0.29) is 5.91 Å². The van der Waals surface area contributed by atoms with E-state index < -0.39 is 5.60 Å². The summed E-state index contributed by atoms with van der Waals surface area (Å²) in [6, 6.07) is 35.6. The molecule has 1 atom stereocenters. The molecule has 5 aromatic rings. The van der Waals surface area contributed by atoms with Gasteiger partial charge in [0.25, 0.3) is 5.91 Å². The van der Waals surface area contributed by atoms with Crippen molar-refractivity contribution in [2.24, 2.45) is 0 Å². The standard InChI is InChI=1S/C30H24N2O2/c33-29-30(34,25-16-8-10-18-28(25)32(29)20-23-13-5-2-6-14-23)26-21-31(19-22-11-3-1-4-12-22)27-17-9-7-15-24(26)27/h1-18,21,34H,19-20H2. The lowest BCUT2D eigenvalue weighted by molar-refractivity contribution is -0.132. The SMILES string of the molecule is O=C1N(Cc2ccccc2)c2ccccc2C1(O)c1cn(Cc2ccccc2)c2ccccc12. The van der Waals surface area contributed by atoms with Crippen LogP contribution in [0.15, 0.2) is 115 Å². The van der Waals surface area contributed by atoms with Gasteiger partial charge in [-0.2, -0.15) is 0 Å². The molecule has 0 aliphatic carbocycles. The highest BCUT2D eigenvalue weighted by molar-refractivity contribution is 6.11. The van der Waals surface area contributed by atoms with Crippen molar-refractivity contribution in [3.8, 4) is 0 Å². The number of hydrogen-bond donors (Lipinski definition) is 1. The van der Waals surface area contributed by atoms with Crippen LogP contribution < -0.4 is 4.90 Å². The number of hydrogen-bond acceptors (Lipinski definition) is 2. The molecule has 34 heavy (non-hydrogen) atoms. The number of carbonyl (C=O) groups excluding carboxylic acids is 1. The highest BCUT2D eigenvalue weighted by Crippen LogP contribution is 2.47. The summed E-state index contributed by atoms with van der Waals surface area (Å²) in [6.45, 7) is 1.06. The maximum absolute atomic E-state index is 14.0. The van der Waals surface area contributed by atoms with Crippen molar-refractivity contribution in [2.75, 3.05) is 4.90 Å². The summed E-state index contributed by atoms with van der Waals surface area (Å²) in [4.78, 5) is 15.7. The second kappa shape index (κ2) is 8.01. The van der Waals surface area contributed by atoms with Crippen molar-refractivity contribution >= 4 is 22.5 Å². The Labute approximate surface area is 198 Å². The van der Waals surface area contributed by atoms with Crippen LogP contribution in [0.3, 0.4) is 0 Å². The summed E-state index contributed by atoms with van der Waals surface area (Å²) in [5.74, 6) is -0.319. The molecule has 1 amide bonds. The van der Waals surface area contributed by atoms with Crippen LogP contribution in [-0.4, -0.2) is 15.6 Å². The maximum atomic E-state index is 14.0. The molecule has 1 N–H and O–H groups in total. The Balaban J connectivity index is 1.50. The molecule has 0 fully saturated rings. The molecule has 4 nitrogen and oxygen atoms in total. The quantitative estimate of drug-likeness (QED) is 0.391. The first-order valence-electron chi connectivity index (χ1n) is 11.5. The summed E-state index contributed by atoms with van der Waals surface area (Å²) in [7, 11) is 0. The summed E-state index contributed by atoms with van der Waals surface area (Å²) < 4.78 is 2.12. The van der Waals surface area contributed by atoms with E-state index in [2.05, 4.69) is 16.7 Å². The lowest BCUT2D eigenvalue weighted by atomic mass is 9.87. The zero-order chi connectivity index (χ0) is 23.1. The maximum Gasteiger partial charge on any atom is 0.268 e. The predicted octanol–water partition coefficient (Wildman–Crippen LogP) is 5.47. The number of benzene rings is 4. The lowest BCUT2D eigenvalue weighted by Gasteiger charge is -2.23. The van der Waals surface area contributed by atoms with Crippen LogP contribution in [0.2, 0.25) is 0 Å². The van der Waals surface area contributed by atoms with Crippen LogP contribution in [-0.2, 0) is 23.5 Å². The van der Waals surface area contributed by atoms with Crippen molar-refractivity contribution in [1.82, 2.24) is 4.57 Å². The summed E-state index contributed by atoms with van der Waals surface area (Å²) >= 11 is 0. The van der Waals surface area contributed by atoms with Crippen molar-refractivity contribution < 1.29 is 9.90 Å². The van der Waals surface area contributed by atoms with Gasteiger partial charge in [-0.15, -0.1) is 0 Å². The molecule has 1 aromatic heterocycles. The molecule has 0 bridgehead atoms. The lowest BCUT2D eigenvalue weighted by Crippen LogP contribution is -2.40. The number of anilines is 1. The van der Waals surface area contributed by atoms with Gasteiger partial charge in [-0.1, -0.05) is 97.1 Å². The molecular weight excluding hydrogens is 420 g/mol. The zero-order valence-electron chi connectivity index (χ0n) is 18.6. The Morgan fingerprint density at radius 3 is 1.97 bits per heavy atom. The van der Waals surface area contributed by atoms with Gasteiger partial charge in [-0.05, 0) is 23.3 Å². The van der Waals surface area contributed by atoms with Crippen LogP contribution in [0, 0.1) is 0 Å². The predicted molar refractivity (Wildman–Crippen MR) is 135 cm³/mol. The van der Waals surface area contributed by atoms with Gasteiger partial charge in [-0.3, -0.25) is 4.79 Å². The van der Waals surface area contributed by atoms with E-state index >= 15 is 0 Å². The Morgan fingerprint density at radius 2 is 1.24 bits per heavy atom. The molecule has 0 saturated heterocycles. The van der Waals surface area contributed by atoms with Crippen molar-refractivity contribution in [1.29, 1.82) is 0 Å². The number of para-hydroxylation sites is 2. The molecule has 166 valence electrons. The van der Waals surface area contributed by atoms with Gasteiger partial charge < -0.3 is 14.6 Å². The van der Waals surface area contributed by atoms with E-state index in [1.54, 1.807) is 4.90 Å². The summed E-state index contributed by atoms with van der Waals surface area (Å²) in [6.07, 6.45) is 1.94. The number of carbonyl (C=O) groups is 1. The zero-order valence-corrected chi connectivity index (χ0v) is 18.6. The minimum atomic E-state index is -1.76. The molecule has 0 spiro atoms. The number of aromatic nitrogens is 1. The Morgan fingerprint density at radius 1 is 0.647 bits per heavy atom. The third-order valence-corrected chi connectivity index (χ3v) is 6.70. The molecule has 2 heterocycles. The second-order valence-corrected chi connectivity index (χ2v) is 8.78. The van der Waals surface area contributed by atoms with E-state index in [0.717, 1.165) is 27.7 Å². The molecule has 1 aliphatic rings. The largest absolute Gasteiger partial charge is 0.372 e. The van der Waals surface area contributed by atoms with Gasteiger partial charge in [0.15, 0.2) is 5.60 Å². The van der Waals surface area contributed by atoms with Crippen molar-refractivity contribution in [3.63, 3.8) is 0 Å². The van der Waals surface area contributed by atoms with Crippen molar-refractivity contribution in [3.05, 3.63) is 138 Å². The van der Waals surface area contributed by atoms with Gasteiger partial charge in [0.2, 0.25) is 0 Å². The highest BCUT2D eigenvalue weighted by Gasteiger charge is 2.52. The number of nitrogens with zero attached hydrogens (tertiary/aromatic N) is 2. The molecular formula is C30H24N2O2. The molecule has 4 aromatic carbocycles. The van der Waals surface area contributed by atoms with Gasteiger partial charge >= 0.3 is 0 Å². The van der Waals surface area contributed by atoms with Gasteiger partial charge in [0.1, 0.15) is 0 Å².